The fraction of sp³-hybridized carbons (Fsp3) is 0.308. The highest BCUT2D eigenvalue weighted by Crippen LogP contribution is 2.39. The van der Waals surface area contributed by atoms with Gasteiger partial charge in [0, 0.05) is 23.5 Å². The summed E-state index contributed by atoms with van der Waals surface area (Å²) in [5.74, 6) is -0.802. The minimum atomic E-state index is -1.07. The number of thioether (sulfide) groups is 1. The largest absolute Gasteiger partial charge is 1.00 e. The summed E-state index contributed by atoms with van der Waals surface area (Å²) >= 11 is 1.52. The molecule has 2 aliphatic rings. The molecule has 6 nitrogen and oxygen atoms in total. The number of amides is 1. The maximum atomic E-state index is 11.8. The predicted octanol–water partition coefficient (Wildman–Crippen LogP) is -3.44. The first-order chi connectivity index (χ1) is 9.59. The number of nitrogens with zero attached hydrogens (tertiary/aromatic N) is 2. The number of fused-ring (bicyclic) bond motifs is 1. The number of rotatable bonds is 3. The maximum Gasteiger partial charge on any atom is 0.352 e. The Morgan fingerprint density at radius 1 is 1.43 bits per heavy atom. The topological polar surface area (TPSA) is 87.5 Å². The molecule has 0 spiro atoms. The summed E-state index contributed by atoms with van der Waals surface area (Å²) in [6, 6.07) is 5.07. The molecular weight excluding hydrogens is 405 g/mol. The van der Waals surface area contributed by atoms with Crippen LogP contribution in [-0.4, -0.2) is 39.1 Å². The number of aliphatic carboxylic acids is 1. The molecule has 0 bridgehead atoms. The molecule has 2 atom stereocenters. The summed E-state index contributed by atoms with van der Waals surface area (Å²) in [6.45, 7) is 0.460. The van der Waals surface area contributed by atoms with E-state index in [1.165, 1.54) is 16.7 Å². The third-order valence-electron chi connectivity index (χ3n) is 3.44. The quantitative estimate of drug-likeness (QED) is 0.303. The van der Waals surface area contributed by atoms with E-state index in [9.17, 15) is 14.7 Å². The minimum absolute atomic E-state index is 0. The van der Waals surface area contributed by atoms with Crippen LogP contribution in [0.5, 0.6) is 0 Å². The van der Waals surface area contributed by atoms with Gasteiger partial charge in [0.15, 0.2) is 18.9 Å². The summed E-state index contributed by atoms with van der Waals surface area (Å²) in [5.41, 5.74) is 6.53. The van der Waals surface area contributed by atoms with E-state index in [2.05, 4.69) is 0 Å². The van der Waals surface area contributed by atoms with Crippen LogP contribution in [0.3, 0.4) is 0 Å². The zero-order valence-corrected chi connectivity index (χ0v) is 14.0. The lowest BCUT2D eigenvalue weighted by molar-refractivity contribution is -0.689. The van der Waals surface area contributed by atoms with Crippen LogP contribution in [0.1, 0.15) is 0 Å². The normalized spacial score (nSPS) is 24.0. The Bertz CT molecular complexity index is 608. The first kappa shape index (κ1) is 16.2. The summed E-state index contributed by atoms with van der Waals surface area (Å²) in [6.07, 6.45) is 3.74. The Hall–Kier alpha value is -1.13. The Labute approximate surface area is 143 Å². The van der Waals surface area contributed by atoms with Crippen LogP contribution >= 0.6 is 11.8 Å². The third-order valence-corrected chi connectivity index (χ3v) is 4.80. The molecule has 8 heteroatoms. The maximum absolute atomic E-state index is 11.8. The Balaban J connectivity index is 0.00000161. The average Bonchev–Trinajstić information content (AvgIpc) is 2.46. The van der Waals surface area contributed by atoms with Gasteiger partial charge in [0.05, 0.1) is 0 Å². The van der Waals surface area contributed by atoms with Gasteiger partial charge in [0.1, 0.15) is 17.1 Å². The van der Waals surface area contributed by atoms with Crippen LogP contribution in [0.15, 0.2) is 41.9 Å². The van der Waals surface area contributed by atoms with E-state index in [-0.39, 0.29) is 41.0 Å². The summed E-state index contributed by atoms with van der Waals surface area (Å²) in [7, 11) is 0. The Morgan fingerprint density at radius 3 is 2.71 bits per heavy atom. The molecule has 112 valence electrons. The number of nitrogens with two attached hydrogens (primary N) is 1. The van der Waals surface area contributed by atoms with E-state index < -0.39 is 12.0 Å². The van der Waals surface area contributed by atoms with Crippen molar-refractivity contribution in [3.05, 3.63) is 41.9 Å². The lowest BCUT2D eigenvalue weighted by Gasteiger charge is -2.47. The van der Waals surface area contributed by atoms with E-state index in [0.717, 1.165) is 5.57 Å². The van der Waals surface area contributed by atoms with Gasteiger partial charge >= 0.3 is 5.97 Å². The molecule has 0 aliphatic carbocycles. The van der Waals surface area contributed by atoms with Crippen molar-refractivity contribution in [2.45, 2.75) is 18.0 Å². The molecule has 1 saturated heterocycles. The number of carbonyl (C=O) groups excluding carboxylic acids is 1. The number of carboxylic acid groups (broad SMARTS) is 1. The fourth-order valence-electron chi connectivity index (χ4n) is 2.46. The zero-order valence-electron chi connectivity index (χ0n) is 11.0. The molecule has 0 aromatic carbocycles. The number of hydrogen-bond acceptors (Lipinski definition) is 4. The van der Waals surface area contributed by atoms with Crippen molar-refractivity contribution >= 4 is 23.6 Å². The van der Waals surface area contributed by atoms with Crippen LogP contribution < -0.4 is 34.3 Å². The minimum Gasteiger partial charge on any atom is -1.00 e. The summed E-state index contributed by atoms with van der Waals surface area (Å²) in [4.78, 5) is 24.6. The average molecular weight is 419 g/mol. The zero-order chi connectivity index (χ0) is 14.3. The van der Waals surface area contributed by atoms with Gasteiger partial charge in [-0.1, -0.05) is 6.07 Å². The highest BCUT2D eigenvalue weighted by atomic mass is 127. The Morgan fingerprint density at radius 2 is 2.10 bits per heavy atom. The second-order valence-corrected chi connectivity index (χ2v) is 5.85. The van der Waals surface area contributed by atoms with Gasteiger partial charge in [-0.2, -0.15) is 0 Å². The molecular formula is C13H14IN3O3S. The number of carbonyl (C=O) groups is 2. The van der Waals surface area contributed by atoms with Gasteiger partial charge in [0.2, 0.25) is 5.91 Å². The van der Waals surface area contributed by atoms with Crippen LogP contribution in [0.4, 0.5) is 0 Å². The van der Waals surface area contributed by atoms with Crippen LogP contribution in [0, 0.1) is 0 Å². The van der Waals surface area contributed by atoms with Crippen LogP contribution in [-0.2, 0) is 16.1 Å². The molecule has 2 unspecified atom stereocenters. The van der Waals surface area contributed by atoms with E-state index in [4.69, 9.17) is 5.73 Å². The van der Waals surface area contributed by atoms with E-state index in [1.54, 1.807) is 0 Å². The molecule has 1 fully saturated rings. The van der Waals surface area contributed by atoms with E-state index in [1.807, 2.05) is 35.2 Å². The molecule has 0 saturated carbocycles. The number of hydrogen-bond donors (Lipinski definition) is 2. The molecule has 3 heterocycles. The highest BCUT2D eigenvalue weighted by Gasteiger charge is 2.52. The number of pyridine rings is 1. The first-order valence-corrected chi connectivity index (χ1v) is 7.24. The standard InChI is InChI=1S/C13H13N3O3S.HI/c14-9-11(17)16-10(13(18)19)8(7-20-12(9)16)6-15-4-2-1-3-5-15;/h1-5,9,12H,6-7,14H2;1H. The van der Waals surface area contributed by atoms with Crippen molar-refractivity contribution < 1.29 is 43.2 Å². The van der Waals surface area contributed by atoms with Gasteiger partial charge in [-0.25, -0.2) is 9.36 Å². The van der Waals surface area contributed by atoms with Crippen molar-refractivity contribution in [1.82, 2.24) is 4.90 Å². The smallest absolute Gasteiger partial charge is 0.352 e. The lowest BCUT2D eigenvalue weighted by atomic mass is 10.0. The van der Waals surface area contributed by atoms with Gasteiger partial charge in [-0.15, -0.1) is 11.8 Å². The molecule has 2 aliphatic heterocycles. The van der Waals surface area contributed by atoms with Crippen molar-refractivity contribution in [2.75, 3.05) is 5.75 Å². The van der Waals surface area contributed by atoms with Crippen molar-refractivity contribution in [1.29, 1.82) is 0 Å². The number of halogens is 1. The fourth-order valence-corrected chi connectivity index (χ4v) is 3.74. The number of aromatic nitrogens is 1. The summed E-state index contributed by atoms with van der Waals surface area (Å²) < 4.78 is 1.89. The van der Waals surface area contributed by atoms with Gasteiger partial charge in [-0.3, -0.25) is 9.69 Å². The molecule has 1 amide bonds. The molecule has 3 N–H and O–H groups in total. The number of carboxylic acids is 1. The van der Waals surface area contributed by atoms with Gasteiger partial charge in [0.25, 0.3) is 0 Å². The molecule has 3 rings (SSSR count). The summed E-state index contributed by atoms with van der Waals surface area (Å²) in [5, 5.41) is 9.16. The predicted molar refractivity (Wildman–Crippen MR) is 72.4 cm³/mol. The van der Waals surface area contributed by atoms with Crippen molar-refractivity contribution in [3.63, 3.8) is 0 Å². The Kier molecular flexibility index (Phi) is 4.89. The van der Waals surface area contributed by atoms with Crippen molar-refractivity contribution in [2.24, 2.45) is 5.73 Å². The number of β-lactam (4-membered cyclic amide) rings is 1. The second-order valence-electron chi connectivity index (χ2n) is 4.74. The monoisotopic (exact) mass is 419 g/mol. The molecule has 1 aromatic heterocycles. The van der Waals surface area contributed by atoms with Gasteiger partial charge < -0.3 is 34.8 Å². The molecule has 1 aromatic rings. The SMILES string of the molecule is NC1C(=O)N2C(C(=O)O)=C(C[n+]3ccccc3)CSC12.[I-]. The molecule has 21 heavy (non-hydrogen) atoms. The van der Waals surface area contributed by atoms with Gasteiger partial charge in [-0.05, 0) is 0 Å². The van der Waals surface area contributed by atoms with Crippen molar-refractivity contribution in [3.8, 4) is 0 Å². The first-order valence-electron chi connectivity index (χ1n) is 6.19. The second kappa shape index (κ2) is 6.32. The third kappa shape index (κ3) is 2.79. The molecule has 0 radical (unpaired) electrons. The lowest BCUT2D eigenvalue weighted by Crippen LogP contribution is -3.00. The van der Waals surface area contributed by atoms with E-state index in [0.29, 0.717) is 12.3 Å². The highest BCUT2D eigenvalue weighted by molar-refractivity contribution is 8.00. The van der Waals surface area contributed by atoms with Crippen LogP contribution in [0.25, 0.3) is 0 Å². The van der Waals surface area contributed by atoms with Crippen LogP contribution in [0.2, 0.25) is 0 Å². The van der Waals surface area contributed by atoms with E-state index >= 15 is 0 Å².